The van der Waals surface area contributed by atoms with Crippen LogP contribution in [-0.2, 0) is 0 Å². The Labute approximate surface area is 150 Å². The second-order valence-electron chi connectivity index (χ2n) is 5.76. The fourth-order valence-electron chi connectivity index (χ4n) is 2.68. The third kappa shape index (κ3) is 4.90. The maximum Gasteiger partial charge on any atom is 0.225 e. The fourth-order valence-corrected chi connectivity index (χ4v) is 3.06. The van der Waals surface area contributed by atoms with Crippen LogP contribution in [0, 0.1) is 0 Å². The average molecular weight is 393 g/mol. The van der Waals surface area contributed by atoms with Gasteiger partial charge in [0.25, 0.3) is 0 Å². The van der Waals surface area contributed by atoms with Gasteiger partial charge in [0.15, 0.2) is 0 Å². The van der Waals surface area contributed by atoms with Crippen LogP contribution in [0.25, 0.3) is 0 Å². The highest BCUT2D eigenvalue weighted by Gasteiger charge is 2.20. The van der Waals surface area contributed by atoms with E-state index in [2.05, 4.69) is 35.7 Å². The minimum atomic E-state index is -0.511. The number of rotatable bonds is 6. The Morgan fingerprint density at radius 3 is 2.58 bits per heavy atom. The van der Waals surface area contributed by atoms with Gasteiger partial charge in [-0.25, -0.2) is 9.97 Å². The zero-order valence-corrected chi connectivity index (χ0v) is 15.0. The molecule has 0 radical (unpaired) electrons. The number of piperazine rings is 1. The summed E-state index contributed by atoms with van der Waals surface area (Å²) in [7, 11) is 0. The van der Waals surface area contributed by atoms with Gasteiger partial charge in [0.05, 0.1) is 0 Å². The second-order valence-corrected chi connectivity index (χ2v) is 6.67. The molecule has 0 amide bonds. The highest BCUT2D eigenvalue weighted by molar-refractivity contribution is 9.10. The Balaban J connectivity index is 1.41. The van der Waals surface area contributed by atoms with E-state index in [9.17, 15) is 5.11 Å². The lowest BCUT2D eigenvalue weighted by Gasteiger charge is -2.35. The van der Waals surface area contributed by atoms with Gasteiger partial charge < -0.3 is 14.7 Å². The summed E-state index contributed by atoms with van der Waals surface area (Å²) < 4.78 is 6.61. The molecule has 0 spiro atoms. The largest absolute Gasteiger partial charge is 0.491 e. The van der Waals surface area contributed by atoms with E-state index in [1.54, 1.807) is 12.4 Å². The first-order valence-corrected chi connectivity index (χ1v) is 8.81. The summed E-state index contributed by atoms with van der Waals surface area (Å²) in [5, 5.41) is 10.2. The van der Waals surface area contributed by atoms with Gasteiger partial charge in [0.2, 0.25) is 5.95 Å². The normalized spacial score (nSPS) is 16.8. The van der Waals surface area contributed by atoms with Gasteiger partial charge in [-0.05, 0) is 24.3 Å². The van der Waals surface area contributed by atoms with Gasteiger partial charge in [-0.1, -0.05) is 22.0 Å². The first kappa shape index (κ1) is 17.1. The molecule has 1 aliphatic heterocycles. The standard InChI is InChI=1S/C17H21BrN4O2/c18-14-3-1-4-16(11-14)24-13-15(23)12-21-7-9-22(10-8-21)17-19-5-2-6-20-17/h1-6,11,15,23H,7-10,12-13H2. The molecular weight excluding hydrogens is 372 g/mol. The summed E-state index contributed by atoms with van der Waals surface area (Å²) >= 11 is 3.41. The highest BCUT2D eigenvalue weighted by Crippen LogP contribution is 2.18. The van der Waals surface area contributed by atoms with Crippen LogP contribution in [0.4, 0.5) is 5.95 Å². The van der Waals surface area contributed by atoms with Gasteiger partial charge in [-0.3, -0.25) is 4.90 Å². The molecule has 1 aliphatic rings. The van der Waals surface area contributed by atoms with Crippen molar-refractivity contribution in [2.24, 2.45) is 0 Å². The summed E-state index contributed by atoms with van der Waals surface area (Å²) in [5.74, 6) is 1.53. The van der Waals surface area contributed by atoms with Gasteiger partial charge in [-0.2, -0.15) is 0 Å². The Morgan fingerprint density at radius 1 is 1.12 bits per heavy atom. The third-order valence-electron chi connectivity index (χ3n) is 3.91. The first-order valence-electron chi connectivity index (χ1n) is 8.01. The molecule has 1 fully saturated rings. The molecule has 0 aliphatic carbocycles. The number of hydrogen-bond acceptors (Lipinski definition) is 6. The number of aromatic nitrogens is 2. The van der Waals surface area contributed by atoms with E-state index >= 15 is 0 Å². The summed E-state index contributed by atoms with van der Waals surface area (Å²) in [6.07, 6.45) is 3.01. The molecule has 7 heteroatoms. The highest BCUT2D eigenvalue weighted by atomic mass is 79.9. The fraction of sp³-hybridized carbons (Fsp3) is 0.412. The number of benzene rings is 1. The number of aliphatic hydroxyl groups excluding tert-OH is 1. The van der Waals surface area contributed by atoms with Gasteiger partial charge >= 0.3 is 0 Å². The maximum atomic E-state index is 10.2. The number of hydrogen-bond donors (Lipinski definition) is 1. The zero-order valence-electron chi connectivity index (χ0n) is 13.4. The Kier molecular flexibility index (Phi) is 6.01. The lowest BCUT2D eigenvalue weighted by Crippen LogP contribution is -2.49. The molecule has 2 heterocycles. The van der Waals surface area contributed by atoms with Crippen LogP contribution in [-0.4, -0.2) is 65.4 Å². The number of anilines is 1. The predicted molar refractivity (Wildman–Crippen MR) is 96.3 cm³/mol. The van der Waals surface area contributed by atoms with Crippen LogP contribution in [0.5, 0.6) is 5.75 Å². The smallest absolute Gasteiger partial charge is 0.225 e. The van der Waals surface area contributed by atoms with E-state index in [4.69, 9.17) is 4.74 Å². The molecule has 6 nitrogen and oxygen atoms in total. The molecule has 1 atom stereocenters. The minimum Gasteiger partial charge on any atom is -0.491 e. The molecule has 1 aromatic heterocycles. The van der Waals surface area contributed by atoms with Crippen LogP contribution in [0.2, 0.25) is 0 Å². The van der Waals surface area contributed by atoms with Crippen LogP contribution in [0.1, 0.15) is 0 Å². The number of ether oxygens (including phenoxy) is 1. The van der Waals surface area contributed by atoms with Crippen molar-refractivity contribution < 1.29 is 9.84 Å². The molecule has 0 bridgehead atoms. The molecule has 1 aromatic carbocycles. The van der Waals surface area contributed by atoms with E-state index in [-0.39, 0.29) is 0 Å². The Morgan fingerprint density at radius 2 is 1.88 bits per heavy atom. The van der Waals surface area contributed by atoms with Gasteiger partial charge in [0.1, 0.15) is 18.5 Å². The number of aliphatic hydroxyl groups is 1. The summed E-state index contributed by atoms with van der Waals surface area (Å²) in [4.78, 5) is 13.0. The molecule has 24 heavy (non-hydrogen) atoms. The van der Waals surface area contributed by atoms with Crippen molar-refractivity contribution in [1.82, 2.24) is 14.9 Å². The predicted octanol–water partition coefficient (Wildman–Crippen LogP) is 1.80. The lowest BCUT2D eigenvalue weighted by atomic mass is 10.2. The van der Waals surface area contributed by atoms with E-state index in [0.29, 0.717) is 13.2 Å². The van der Waals surface area contributed by atoms with Crippen molar-refractivity contribution in [2.45, 2.75) is 6.10 Å². The molecular formula is C17H21BrN4O2. The molecule has 3 rings (SSSR count). The van der Waals surface area contributed by atoms with Gasteiger partial charge in [0, 0.05) is 49.6 Å². The lowest BCUT2D eigenvalue weighted by molar-refractivity contribution is 0.0662. The number of halogens is 1. The van der Waals surface area contributed by atoms with Crippen molar-refractivity contribution in [2.75, 3.05) is 44.2 Å². The zero-order chi connectivity index (χ0) is 16.8. The third-order valence-corrected chi connectivity index (χ3v) is 4.41. The monoisotopic (exact) mass is 392 g/mol. The minimum absolute atomic E-state index is 0.290. The van der Waals surface area contributed by atoms with Crippen LogP contribution >= 0.6 is 15.9 Å². The Hall–Kier alpha value is -1.70. The average Bonchev–Trinajstić information content (AvgIpc) is 2.61. The summed E-state index contributed by atoms with van der Waals surface area (Å²) in [5.41, 5.74) is 0. The summed E-state index contributed by atoms with van der Waals surface area (Å²) in [6, 6.07) is 9.46. The van der Waals surface area contributed by atoms with Crippen LogP contribution in [0.15, 0.2) is 47.2 Å². The second kappa shape index (κ2) is 8.41. The number of β-amino-alcohol motifs (C(OH)–C–C–N with tert-alkyl or cyclic N) is 1. The summed E-state index contributed by atoms with van der Waals surface area (Å²) in [6.45, 7) is 4.39. The first-order chi connectivity index (χ1) is 11.7. The van der Waals surface area contributed by atoms with E-state index in [1.807, 2.05) is 30.3 Å². The van der Waals surface area contributed by atoms with Crippen LogP contribution in [0.3, 0.4) is 0 Å². The van der Waals surface area contributed by atoms with E-state index < -0.39 is 6.10 Å². The van der Waals surface area contributed by atoms with Crippen molar-refractivity contribution in [3.05, 3.63) is 47.2 Å². The van der Waals surface area contributed by atoms with E-state index in [1.165, 1.54) is 0 Å². The molecule has 128 valence electrons. The van der Waals surface area contributed by atoms with Crippen molar-refractivity contribution >= 4 is 21.9 Å². The van der Waals surface area contributed by atoms with Crippen LogP contribution < -0.4 is 9.64 Å². The van der Waals surface area contributed by atoms with Crippen molar-refractivity contribution in [3.8, 4) is 5.75 Å². The maximum absolute atomic E-state index is 10.2. The SMILES string of the molecule is OC(COc1cccc(Br)c1)CN1CCN(c2ncccn2)CC1. The molecule has 1 N–H and O–H groups in total. The number of nitrogens with zero attached hydrogens (tertiary/aromatic N) is 4. The van der Waals surface area contributed by atoms with Gasteiger partial charge in [-0.15, -0.1) is 0 Å². The molecule has 2 aromatic rings. The Bertz CT molecular complexity index is 635. The molecule has 1 saturated heterocycles. The van der Waals surface area contributed by atoms with E-state index in [0.717, 1.165) is 42.3 Å². The van der Waals surface area contributed by atoms with Crippen molar-refractivity contribution in [3.63, 3.8) is 0 Å². The molecule has 0 saturated carbocycles. The quantitative estimate of drug-likeness (QED) is 0.808. The molecule has 1 unspecified atom stereocenters. The topological polar surface area (TPSA) is 61.7 Å². The van der Waals surface area contributed by atoms with Crippen molar-refractivity contribution in [1.29, 1.82) is 0 Å².